The number of nitrogens with two attached hydrogens (primary N) is 1. The zero-order valence-corrected chi connectivity index (χ0v) is 8.01. The molecule has 0 radical (unpaired) electrons. The van der Waals surface area contributed by atoms with Crippen LogP contribution in [0.25, 0.3) is 0 Å². The first-order valence-electron chi connectivity index (χ1n) is 5.03. The van der Waals surface area contributed by atoms with Gasteiger partial charge in [0.25, 0.3) is 0 Å². The summed E-state index contributed by atoms with van der Waals surface area (Å²) in [4.78, 5) is 11.1. The second kappa shape index (κ2) is 5.94. The van der Waals surface area contributed by atoms with E-state index in [1.54, 1.807) is 0 Å². The number of rotatable bonds is 4. The number of hydrogen-bond donors (Lipinski definition) is 3. The van der Waals surface area contributed by atoms with Gasteiger partial charge < -0.3 is 16.4 Å². The molecule has 1 heterocycles. The van der Waals surface area contributed by atoms with Crippen LogP contribution in [-0.2, 0) is 4.79 Å². The third-order valence-corrected chi connectivity index (χ3v) is 2.33. The molecule has 4 heteroatoms. The molecule has 0 aromatic heterocycles. The van der Waals surface area contributed by atoms with Gasteiger partial charge in [0.2, 0.25) is 5.91 Å². The maximum absolute atomic E-state index is 11.1. The van der Waals surface area contributed by atoms with Crippen LogP contribution in [-0.4, -0.2) is 31.6 Å². The number of amides is 1. The molecule has 0 aromatic rings. The van der Waals surface area contributed by atoms with E-state index in [-0.39, 0.29) is 5.91 Å². The number of carbonyl (C=O) groups excluding carboxylic acids is 1. The van der Waals surface area contributed by atoms with Gasteiger partial charge in [0.05, 0.1) is 0 Å². The normalized spacial score (nSPS) is 22.7. The highest BCUT2D eigenvalue weighted by Gasteiger charge is 2.12. The number of carbonyl (C=O) groups is 1. The molecule has 1 aliphatic rings. The summed E-state index contributed by atoms with van der Waals surface area (Å²) in [5.74, 6) is 0.0647. The molecule has 1 rings (SSSR count). The summed E-state index contributed by atoms with van der Waals surface area (Å²) in [6.07, 6.45) is 4.13. The van der Waals surface area contributed by atoms with Crippen molar-refractivity contribution in [1.29, 1.82) is 0 Å². The molecule has 13 heavy (non-hydrogen) atoms. The molecule has 1 unspecified atom stereocenters. The fraction of sp³-hybridized carbons (Fsp3) is 0.889. The van der Waals surface area contributed by atoms with Crippen molar-refractivity contribution in [3.05, 3.63) is 0 Å². The summed E-state index contributed by atoms with van der Waals surface area (Å²) in [5.41, 5.74) is 5.26. The van der Waals surface area contributed by atoms with Crippen molar-refractivity contribution in [2.45, 2.75) is 31.7 Å². The van der Waals surface area contributed by atoms with Crippen LogP contribution in [0, 0.1) is 0 Å². The Hall–Kier alpha value is -0.610. The first-order valence-corrected chi connectivity index (χ1v) is 5.03. The summed E-state index contributed by atoms with van der Waals surface area (Å²) >= 11 is 0. The molecule has 0 spiro atoms. The fourth-order valence-electron chi connectivity index (χ4n) is 1.55. The minimum atomic E-state index is 0.0647. The summed E-state index contributed by atoms with van der Waals surface area (Å²) in [7, 11) is 0. The van der Waals surface area contributed by atoms with Crippen LogP contribution in [0.5, 0.6) is 0 Å². The fourth-order valence-corrected chi connectivity index (χ4v) is 1.55. The first kappa shape index (κ1) is 10.5. The van der Waals surface area contributed by atoms with Crippen LogP contribution in [0.4, 0.5) is 0 Å². The predicted molar refractivity (Wildman–Crippen MR) is 52.3 cm³/mol. The third-order valence-electron chi connectivity index (χ3n) is 2.33. The molecule has 0 saturated carbocycles. The van der Waals surface area contributed by atoms with Gasteiger partial charge in [0.15, 0.2) is 0 Å². The highest BCUT2D eigenvalue weighted by Crippen LogP contribution is 2.05. The quantitative estimate of drug-likeness (QED) is 0.558. The molecule has 1 fully saturated rings. The minimum Gasteiger partial charge on any atom is -0.354 e. The Morgan fingerprint density at radius 2 is 2.38 bits per heavy atom. The van der Waals surface area contributed by atoms with Gasteiger partial charge in [-0.1, -0.05) is 6.42 Å². The second-order valence-electron chi connectivity index (χ2n) is 3.49. The zero-order valence-electron chi connectivity index (χ0n) is 8.01. The van der Waals surface area contributed by atoms with Gasteiger partial charge in [-0.15, -0.1) is 0 Å². The van der Waals surface area contributed by atoms with Gasteiger partial charge in [-0.05, 0) is 19.4 Å². The van der Waals surface area contributed by atoms with Crippen LogP contribution < -0.4 is 16.4 Å². The zero-order chi connectivity index (χ0) is 9.52. The number of nitrogens with one attached hydrogen (secondary N) is 2. The van der Waals surface area contributed by atoms with E-state index >= 15 is 0 Å². The first-order chi connectivity index (χ1) is 6.33. The van der Waals surface area contributed by atoms with Gasteiger partial charge in [-0.3, -0.25) is 4.79 Å². The lowest BCUT2D eigenvalue weighted by Gasteiger charge is -2.23. The highest BCUT2D eigenvalue weighted by molar-refractivity contribution is 5.76. The smallest absolute Gasteiger partial charge is 0.221 e. The van der Waals surface area contributed by atoms with E-state index in [9.17, 15) is 4.79 Å². The Morgan fingerprint density at radius 1 is 1.54 bits per heavy atom. The van der Waals surface area contributed by atoms with Crippen LogP contribution in [0.15, 0.2) is 0 Å². The van der Waals surface area contributed by atoms with Crippen molar-refractivity contribution in [2.24, 2.45) is 5.73 Å². The van der Waals surface area contributed by atoms with E-state index < -0.39 is 0 Å². The minimum absolute atomic E-state index is 0.0647. The average Bonchev–Trinajstić information content (AvgIpc) is 2.17. The molecule has 4 N–H and O–H groups in total. The van der Waals surface area contributed by atoms with Gasteiger partial charge in [-0.2, -0.15) is 0 Å². The van der Waals surface area contributed by atoms with Crippen molar-refractivity contribution in [3.63, 3.8) is 0 Å². The van der Waals surface area contributed by atoms with Gasteiger partial charge >= 0.3 is 0 Å². The van der Waals surface area contributed by atoms with Crippen LogP contribution >= 0.6 is 0 Å². The topological polar surface area (TPSA) is 67.2 Å². The molecule has 76 valence electrons. The predicted octanol–water partition coefficient (Wildman–Crippen LogP) is -0.406. The molecule has 1 aliphatic heterocycles. The molecule has 1 atom stereocenters. The Bertz CT molecular complexity index is 155. The molecule has 0 aromatic carbocycles. The average molecular weight is 185 g/mol. The van der Waals surface area contributed by atoms with Gasteiger partial charge in [0, 0.05) is 25.6 Å². The van der Waals surface area contributed by atoms with Crippen molar-refractivity contribution in [1.82, 2.24) is 10.6 Å². The molecule has 0 aliphatic carbocycles. The number of piperidine rings is 1. The van der Waals surface area contributed by atoms with Crippen LogP contribution in [0.1, 0.15) is 25.7 Å². The van der Waals surface area contributed by atoms with E-state index in [1.807, 2.05) is 0 Å². The van der Waals surface area contributed by atoms with Crippen LogP contribution in [0.2, 0.25) is 0 Å². The summed E-state index contributed by atoms with van der Waals surface area (Å²) in [6, 6.07) is 0.468. The summed E-state index contributed by atoms with van der Waals surface area (Å²) in [5, 5.41) is 6.24. The Labute approximate surface area is 79.3 Å². The Kier molecular flexibility index (Phi) is 4.78. The standard InChI is InChI=1S/C9H19N3O/c10-5-4-9(13)12-7-8-3-1-2-6-11-8/h8,11H,1-7,10H2,(H,12,13). The van der Waals surface area contributed by atoms with E-state index in [0.29, 0.717) is 19.0 Å². The lowest BCUT2D eigenvalue weighted by atomic mass is 10.1. The summed E-state index contributed by atoms with van der Waals surface area (Å²) in [6.45, 7) is 2.26. The maximum atomic E-state index is 11.1. The summed E-state index contributed by atoms with van der Waals surface area (Å²) < 4.78 is 0. The molecule has 1 saturated heterocycles. The Morgan fingerprint density at radius 3 is 3.00 bits per heavy atom. The third kappa shape index (κ3) is 4.24. The molecular formula is C9H19N3O. The molecule has 4 nitrogen and oxygen atoms in total. The highest BCUT2D eigenvalue weighted by atomic mass is 16.1. The van der Waals surface area contributed by atoms with E-state index in [1.165, 1.54) is 19.3 Å². The van der Waals surface area contributed by atoms with Gasteiger partial charge in [-0.25, -0.2) is 0 Å². The molecule has 1 amide bonds. The van der Waals surface area contributed by atoms with E-state index in [2.05, 4.69) is 10.6 Å². The van der Waals surface area contributed by atoms with Crippen molar-refractivity contribution >= 4 is 5.91 Å². The van der Waals surface area contributed by atoms with Crippen LogP contribution in [0.3, 0.4) is 0 Å². The molecular weight excluding hydrogens is 166 g/mol. The lowest BCUT2D eigenvalue weighted by molar-refractivity contribution is -0.121. The monoisotopic (exact) mass is 185 g/mol. The van der Waals surface area contributed by atoms with E-state index in [0.717, 1.165) is 13.1 Å². The van der Waals surface area contributed by atoms with Gasteiger partial charge in [0.1, 0.15) is 0 Å². The van der Waals surface area contributed by atoms with Crippen molar-refractivity contribution < 1.29 is 4.79 Å². The SMILES string of the molecule is NCCC(=O)NCC1CCCCN1. The van der Waals surface area contributed by atoms with E-state index in [4.69, 9.17) is 5.73 Å². The largest absolute Gasteiger partial charge is 0.354 e. The maximum Gasteiger partial charge on any atom is 0.221 e. The van der Waals surface area contributed by atoms with Crippen molar-refractivity contribution in [3.8, 4) is 0 Å². The molecule has 0 bridgehead atoms. The van der Waals surface area contributed by atoms with Crippen molar-refractivity contribution in [2.75, 3.05) is 19.6 Å². The number of hydrogen-bond acceptors (Lipinski definition) is 3. The Balaban J connectivity index is 2.06. The second-order valence-corrected chi connectivity index (χ2v) is 3.49. The lowest BCUT2D eigenvalue weighted by Crippen LogP contribution is -2.43.